The quantitative estimate of drug-likeness (QED) is 0.841. The molecule has 7 nitrogen and oxygen atoms in total. The zero-order valence-electron chi connectivity index (χ0n) is 12.3. The van der Waals surface area contributed by atoms with Crippen molar-refractivity contribution in [1.29, 1.82) is 0 Å². The fourth-order valence-corrected chi connectivity index (χ4v) is 2.77. The van der Waals surface area contributed by atoms with Gasteiger partial charge in [-0.3, -0.25) is 4.79 Å². The smallest absolute Gasteiger partial charge is 0.287 e. The number of anilines is 2. The van der Waals surface area contributed by atoms with Crippen LogP contribution in [0.15, 0.2) is 29.5 Å². The highest BCUT2D eigenvalue weighted by molar-refractivity contribution is 6.33. The summed E-state index contributed by atoms with van der Waals surface area (Å²) in [5.41, 5.74) is 0.459. The topological polar surface area (TPSA) is 67.2 Å². The number of aromatic nitrogens is 4. The van der Waals surface area contributed by atoms with Crippen molar-refractivity contribution in [2.75, 3.05) is 36.0 Å². The van der Waals surface area contributed by atoms with Gasteiger partial charge >= 0.3 is 0 Å². The molecule has 3 heterocycles. The van der Waals surface area contributed by atoms with Gasteiger partial charge in [0.25, 0.3) is 5.56 Å². The average molecular weight is 321 g/mol. The Bertz CT molecular complexity index is 696. The highest BCUT2D eigenvalue weighted by Crippen LogP contribution is 2.23. The Hall–Kier alpha value is -2.15. The van der Waals surface area contributed by atoms with Crippen LogP contribution < -0.4 is 15.4 Å². The van der Waals surface area contributed by atoms with Gasteiger partial charge < -0.3 is 9.80 Å². The number of rotatable bonds is 3. The SMILES string of the molecule is CCn1ncc(N2CCN(c3ncccn3)CC2)c(Cl)c1=O. The van der Waals surface area contributed by atoms with Crippen LogP contribution in [0.1, 0.15) is 6.92 Å². The number of hydrogen-bond donors (Lipinski definition) is 0. The first-order valence-electron chi connectivity index (χ1n) is 7.23. The molecule has 0 amide bonds. The lowest BCUT2D eigenvalue weighted by atomic mass is 10.3. The van der Waals surface area contributed by atoms with Gasteiger partial charge in [-0.15, -0.1) is 0 Å². The Balaban J connectivity index is 1.74. The van der Waals surface area contributed by atoms with E-state index in [1.165, 1.54) is 4.68 Å². The molecule has 0 spiro atoms. The minimum absolute atomic E-state index is 0.237. The molecule has 0 aliphatic carbocycles. The van der Waals surface area contributed by atoms with Crippen LogP contribution in [0.25, 0.3) is 0 Å². The summed E-state index contributed by atoms with van der Waals surface area (Å²) in [6.45, 7) is 5.42. The zero-order chi connectivity index (χ0) is 15.5. The number of piperazine rings is 1. The third kappa shape index (κ3) is 2.76. The summed E-state index contributed by atoms with van der Waals surface area (Å²) in [7, 11) is 0. The molecule has 0 aromatic carbocycles. The van der Waals surface area contributed by atoms with Gasteiger partial charge in [-0.05, 0) is 13.0 Å². The fraction of sp³-hybridized carbons (Fsp3) is 0.429. The van der Waals surface area contributed by atoms with E-state index in [2.05, 4.69) is 24.9 Å². The van der Waals surface area contributed by atoms with Gasteiger partial charge in [0.2, 0.25) is 5.95 Å². The zero-order valence-corrected chi connectivity index (χ0v) is 13.1. The number of hydrogen-bond acceptors (Lipinski definition) is 6. The molecule has 116 valence electrons. The summed E-state index contributed by atoms with van der Waals surface area (Å²) >= 11 is 6.21. The minimum Gasteiger partial charge on any atom is -0.365 e. The first-order chi connectivity index (χ1) is 10.7. The highest BCUT2D eigenvalue weighted by atomic mass is 35.5. The number of nitrogens with zero attached hydrogens (tertiary/aromatic N) is 6. The van der Waals surface area contributed by atoms with E-state index in [9.17, 15) is 4.79 Å². The molecule has 0 radical (unpaired) electrons. The van der Waals surface area contributed by atoms with E-state index in [4.69, 9.17) is 11.6 Å². The summed E-state index contributed by atoms with van der Waals surface area (Å²) in [5.74, 6) is 0.729. The van der Waals surface area contributed by atoms with Crippen molar-refractivity contribution in [1.82, 2.24) is 19.7 Å². The molecule has 0 unspecified atom stereocenters. The Morgan fingerprint density at radius 3 is 2.41 bits per heavy atom. The Kier molecular flexibility index (Phi) is 4.24. The van der Waals surface area contributed by atoms with E-state index in [1.54, 1.807) is 24.7 Å². The van der Waals surface area contributed by atoms with Gasteiger partial charge in [-0.25, -0.2) is 14.6 Å². The van der Waals surface area contributed by atoms with Crippen molar-refractivity contribution < 1.29 is 0 Å². The second-order valence-corrected chi connectivity index (χ2v) is 5.37. The van der Waals surface area contributed by atoms with Crippen LogP contribution in [-0.2, 0) is 6.54 Å². The van der Waals surface area contributed by atoms with Crippen molar-refractivity contribution in [3.05, 3.63) is 40.0 Å². The maximum atomic E-state index is 12.1. The molecule has 1 fully saturated rings. The molecule has 0 N–H and O–H groups in total. The molecule has 1 saturated heterocycles. The Morgan fingerprint density at radius 1 is 1.14 bits per heavy atom. The molecule has 8 heteroatoms. The van der Waals surface area contributed by atoms with E-state index < -0.39 is 0 Å². The summed E-state index contributed by atoms with van der Waals surface area (Å²) in [6.07, 6.45) is 5.14. The molecule has 2 aromatic heterocycles. The van der Waals surface area contributed by atoms with Crippen LogP contribution in [0.3, 0.4) is 0 Å². The Morgan fingerprint density at radius 2 is 1.77 bits per heavy atom. The lowest BCUT2D eigenvalue weighted by Crippen LogP contribution is -2.47. The summed E-state index contributed by atoms with van der Waals surface area (Å²) in [5, 5.41) is 4.39. The lowest BCUT2D eigenvalue weighted by Gasteiger charge is -2.36. The molecule has 3 rings (SSSR count). The van der Waals surface area contributed by atoms with Crippen molar-refractivity contribution in [3.8, 4) is 0 Å². The van der Waals surface area contributed by atoms with Crippen molar-refractivity contribution in [3.63, 3.8) is 0 Å². The number of aryl methyl sites for hydroxylation is 1. The molecule has 1 aliphatic heterocycles. The van der Waals surface area contributed by atoms with Gasteiger partial charge in [0.05, 0.1) is 11.9 Å². The minimum atomic E-state index is -0.240. The monoisotopic (exact) mass is 320 g/mol. The summed E-state index contributed by atoms with van der Waals surface area (Å²) in [6, 6.07) is 1.80. The fourth-order valence-electron chi connectivity index (χ4n) is 2.50. The van der Waals surface area contributed by atoms with Crippen molar-refractivity contribution in [2.24, 2.45) is 0 Å². The molecular weight excluding hydrogens is 304 g/mol. The van der Waals surface area contributed by atoms with Gasteiger partial charge in [0, 0.05) is 45.1 Å². The molecular formula is C14H17ClN6O. The molecule has 2 aromatic rings. The van der Waals surface area contributed by atoms with Crippen LogP contribution in [0.2, 0.25) is 5.02 Å². The summed E-state index contributed by atoms with van der Waals surface area (Å²) < 4.78 is 1.36. The van der Waals surface area contributed by atoms with Crippen LogP contribution >= 0.6 is 11.6 Å². The average Bonchev–Trinajstić information content (AvgIpc) is 2.58. The standard InChI is InChI=1S/C14H17ClN6O/c1-2-21-13(22)12(15)11(10-18-21)19-6-8-20(9-7-19)14-16-4-3-5-17-14/h3-5,10H,2,6-9H2,1H3. The van der Waals surface area contributed by atoms with Crippen LogP contribution in [0.4, 0.5) is 11.6 Å². The first-order valence-corrected chi connectivity index (χ1v) is 7.61. The molecule has 0 bridgehead atoms. The van der Waals surface area contributed by atoms with E-state index in [-0.39, 0.29) is 10.6 Å². The van der Waals surface area contributed by atoms with E-state index in [1.807, 2.05) is 6.92 Å². The summed E-state index contributed by atoms with van der Waals surface area (Å²) in [4.78, 5) is 24.8. The third-order valence-electron chi connectivity index (χ3n) is 3.72. The number of halogens is 1. The predicted molar refractivity (Wildman–Crippen MR) is 85.6 cm³/mol. The Labute approximate surface area is 133 Å². The predicted octanol–water partition coefficient (Wildman–Crippen LogP) is 1.03. The van der Waals surface area contributed by atoms with Gasteiger partial charge in [-0.1, -0.05) is 11.6 Å². The largest absolute Gasteiger partial charge is 0.365 e. The third-order valence-corrected chi connectivity index (χ3v) is 4.08. The first kappa shape index (κ1) is 14.8. The van der Waals surface area contributed by atoms with E-state index >= 15 is 0 Å². The van der Waals surface area contributed by atoms with Gasteiger partial charge in [0.1, 0.15) is 5.02 Å². The van der Waals surface area contributed by atoms with E-state index in [0.717, 1.165) is 32.1 Å². The van der Waals surface area contributed by atoms with Crippen LogP contribution in [0, 0.1) is 0 Å². The van der Waals surface area contributed by atoms with Gasteiger partial charge in [0.15, 0.2) is 0 Å². The maximum Gasteiger partial charge on any atom is 0.287 e. The molecule has 0 saturated carbocycles. The lowest BCUT2D eigenvalue weighted by molar-refractivity contribution is 0.604. The normalized spacial score (nSPS) is 15.2. The second-order valence-electron chi connectivity index (χ2n) is 4.99. The maximum absolute atomic E-state index is 12.1. The molecule has 0 atom stereocenters. The van der Waals surface area contributed by atoms with Crippen molar-refractivity contribution in [2.45, 2.75) is 13.5 Å². The highest BCUT2D eigenvalue weighted by Gasteiger charge is 2.22. The van der Waals surface area contributed by atoms with Crippen LogP contribution in [-0.4, -0.2) is 45.9 Å². The van der Waals surface area contributed by atoms with E-state index in [0.29, 0.717) is 12.2 Å². The van der Waals surface area contributed by atoms with Crippen molar-refractivity contribution >= 4 is 23.2 Å². The second kappa shape index (κ2) is 6.31. The molecule has 1 aliphatic rings. The molecule has 22 heavy (non-hydrogen) atoms. The van der Waals surface area contributed by atoms with Crippen LogP contribution in [0.5, 0.6) is 0 Å². The van der Waals surface area contributed by atoms with Gasteiger partial charge in [-0.2, -0.15) is 5.10 Å².